The van der Waals surface area contributed by atoms with Crippen LogP contribution in [0.5, 0.6) is 0 Å². The SMILES string of the molecule is C=C1CCC2(CN(Cc3ncc(-c4cccc(-c5cccc(-c6cnc(CN7CC8(CCC(=C)N8)C7)c(N(C)C)n6)c5Cl)c4C)nc3N(C)C)C2)N1. The first-order chi connectivity index (χ1) is 24.9. The smallest absolute Gasteiger partial charge is 0.151 e. The Morgan fingerprint density at radius 2 is 1.13 bits per heavy atom. The largest absolute Gasteiger partial charge is 0.381 e. The van der Waals surface area contributed by atoms with E-state index in [-0.39, 0.29) is 11.1 Å². The molecule has 4 saturated heterocycles. The Morgan fingerprint density at radius 3 is 1.60 bits per heavy atom. The van der Waals surface area contributed by atoms with E-state index in [1.54, 1.807) is 0 Å². The second-order valence-corrected chi connectivity index (χ2v) is 16.2. The van der Waals surface area contributed by atoms with Crippen molar-refractivity contribution < 1.29 is 0 Å². The Bertz CT molecular complexity index is 1910. The summed E-state index contributed by atoms with van der Waals surface area (Å²) in [5.41, 5.74) is 11.2. The molecule has 11 heteroatoms. The van der Waals surface area contributed by atoms with Gasteiger partial charge in [0.05, 0.1) is 51.3 Å². The van der Waals surface area contributed by atoms with Crippen LogP contribution in [0.4, 0.5) is 11.6 Å². The molecule has 0 unspecified atom stereocenters. The lowest BCUT2D eigenvalue weighted by Crippen LogP contribution is -2.65. The molecule has 4 fully saturated rings. The third-order valence-electron chi connectivity index (χ3n) is 11.2. The van der Waals surface area contributed by atoms with Gasteiger partial charge in [0.25, 0.3) is 0 Å². The minimum absolute atomic E-state index is 0.179. The molecule has 0 radical (unpaired) electrons. The van der Waals surface area contributed by atoms with Gasteiger partial charge in [-0.2, -0.15) is 0 Å². The summed E-state index contributed by atoms with van der Waals surface area (Å²) in [7, 11) is 8.11. The van der Waals surface area contributed by atoms with Crippen LogP contribution in [-0.4, -0.2) is 95.2 Å². The van der Waals surface area contributed by atoms with Crippen molar-refractivity contribution in [2.45, 2.75) is 56.8 Å². The first kappa shape index (κ1) is 34.6. The molecule has 0 bridgehead atoms. The number of nitrogens with zero attached hydrogens (tertiary/aromatic N) is 8. The quantitative estimate of drug-likeness (QED) is 0.207. The fourth-order valence-electron chi connectivity index (χ4n) is 8.67. The summed E-state index contributed by atoms with van der Waals surface area (Å²) in [4.78, 5) is 29.2. The van der Waals surface area contributed by atoms with Crippen LogP contribution < -0.4 is 20.4 Å². The lowest BCUT2D eigenvalue weighted by Gasteiger charge is -2.48. The summed E-state index contributed by atoms with van der Waals surface area (Å²) in [6.07, 6.45) is 8.20. The zero-order valence-electron chi connectivity index (χ0n) is 31.1. The molecule has 8 rings (SSSR count). The van der Waals surface area contributed by atoms with E-state index in [0.29, 0.717) is 5.02 Å². The highest BCUT2D eigenvalue weighted by molar-refractivity contribution is 6.36. The highest BCUT2D eigenvalue weighted by atomic mass is 35.5. The average Bonchev–Trinajstić information content (AvgIpc) is 3.68. The summed E-state index contributed by atoms with van der Waals surface area (Å²) >= 11 is 7.27. The molecule has 52 heavy (non-hydrogen) atoms. The molecule has 0 atom stereocenters. The van der Waals surface area contributed by atoms with Crippen LogP contribution in [0.2, 0.25) is 5.02 Å². The third-order valence-corrected chi connectivity index (χ3v) is 11.6. The number of likely N-dealkylation sites (tertiary alicyclic amines) is 2. The summed E-state index contributed by atoms with van der Waals surface area (Å²) in [6, 6.07) is 12.5. The van der Waals surface area contributed by atoms with Gasteiger partial charge in [0, 0.05) is 95.5 Å². The maximum atomic E-state index is 7.27. The molecular formula is C41H49ClN10. The molecule has 2 spiro atoms. The Kier molecular flexibility index (Phi) is 8.75. The van der Waals surface area contributed by atoms with Crippen LogP contribution in [0.15, 0.2) is 73.3 Å². The number of allylic oxidation sites excluding steroid dienone is 2. The summed E-state index contributed by atoms with van der Waals surface area (Å²) in [6.45, 7) is 15.9. The number of nitrogens with one attached hydrogen (secondary N) is 2. The zero-order chi connectivity index (χ0) is 36.4. The Hall–Kier alpha value is -4.51. The van der Waals surface area contributed by atoms with Crippen LogP contribution >= 0.6 is 11.6 Å². The van der Waals surface area contributed by atoms with Crippen molar-refractivity contribution in [3.05, 3.63) is 95.3 Å². The summed E-state index contributed by atoms with van der Waals surface area (Å²) < 4.78 is 0. The average molecular weight is 717 g/mol. The molecule has 2 aromatic carbocycles. The lowest BCUT2D eigenvalue weighted by molar-refractivity contribution is 0.0497. The normalized spacial score (nSPS) is 19.0. The molecule has 2 aromatic heterocycles. The van der Waals surface area contributed by atoms with Crippen LogP contribution in [0.1, 0.15) is 42.6 Å². The van der Waals surface area contributed by atoms with Gasteiger partial charge < -0.3 is 20.4 Å². The van der Waals surface area contributed by atoms with E-state index in [9.17, 15) is 0 Å². The van der Waals surface area contributed by atoms with Crippen molar-refractivity contribution in [2.24, 2.45) is 0 Å². The fraction of sp³-hybridized carbons (Fsp3) is 0.415. The highest BCUT2D eigenvalue weighted by Crippen LogP contribution is 2.41. The summed E-state index contributed by atoms with van der Waals surface area (Å²) in [5, 5.41) is 7.87. The van der Waals surface area contributed by atoms with Gasteiger partial charge in [0.15, 0.2) is 11.6 Å². The Labute approximate surface area is 312 Å². The van der Waals surface area contributed by atoms with Crippen molar-refractivity contribution in [2.75, 3.05) is 64.2 Å². The molecule has 0 aliphatic carbocycles. The molecule has 6 heterocycles. The van der Waals surface area contributed by atoms with Gasteiger partial charge in [0.2, 0.25) is 0 Å². The van der Waals surface area contributed by atoms with Crippen molar-refractivity contribution in [3.8, 4) is 33.6 Å². The summed E-state index contributed by atoms with van der Waals surface area (Å²) in [5.74, 6) is 1.75. The number of anilines is 2. The van der Waals surface area contributed by atoms with Crippen molar-refractivity contribution in [3.63, 3.8) is 0 Å². The van der Waals surface area contributed by atoms with Crippen LogP contribution in [0.25, 0.3) is 33.6 Å². The van der Waals surface area contributed by atoms with Crippen LogP contribution in [-0.2, 0) is 13.1 Å². The van der Waals surface area contributed by atoms with Gasteiger partial charge >= 0.3 is 0 Å². The topological polar surface area (TPSA) is 88.6 Å². The molecule has 0 saturated carbocycles. The second-order valence-electron chi connectivity index (χ2n) is 15.8. The number of hydrogen-bond acceptors (Lipinski definition) is 10. The Balaban J connectivity index is 1.04. The number of rotatable bonds is 9. The predicted octanol–water partition coefficient (Wildman–Crippen LogP) is 6.26. The van der Waals surface area contributed by atoms with Gasteiger partial charge in [-0.15, -0.1) is 0 Å². The van der Waals surface area contributed by atoms with E-state index in [4.69, 9.17) is 31.5 Å². The minimum atomic E-state index is 0.179. The van der Waals surface area contributed by atoms with Gasteiger partial charge in [-0.05, 0) is 43.7 Å². The number of aromatic nitrogens is 4. The molecule has 4 aliphatic rings. The van der Waals surface area contributed by atoms with Crippen molar-refractivity contribution in [1.29, 1.82) is 0 Å². The van der Waals surface area contributed by atoms with Crippen LogP contribution in [0.3, 0.4) is 0 Å². The maximum Gasteiger partial charge on any atom is 0.151 e. The van der Waals surface area contributed by atoms with Gasteiger partial charge in [0.1, 0.15) is 0 Å². The van der Waals surface area contributed by atoms with E-state index in [1.165, 1.54) is 0 Å². The van der Waals surface area contributed by atoms with E-state index < -0.39 is 0 Å². The Morgan fingerprint density at radius 1 is 0.692 bits per heavy atom. The molecule has 0 amide bonds. The molecule has 270 valence electrons. The number of halogens is 1. The van der Waals surface area contributed by atoms with E-state index in [2.05, 4.69) is 69.7 Å². The third kappa shape index (κ3) is 6.31. The molecule has 4 aliphatic heterocycles. The highest BCUT2D eigenvalue weighted by Gasteiger charge is 2.47. The van der Waals surface area contributed by atoms with Gasteiger partial charge in [-0.25, -0.2) is 9.97 Å². The monoisotopic (exact) mass is 716 g/mol. The van der Waals surface area contributed by atoms with Crippen molar-refractivity contribution >= 4 is 23.2 Å². The van der Waals surface area contributed by atoms with Crippen molar-refractivity contribution in [1.82, 2.24) is 40.4 Å². The first-order valence-corrected chi connectivity index (χ1v) is 18.6. The lowest BCUT2D eigenvalue weighted by atomic mass is 9.88. The predicted molar refractivity (Wildman–Crippen MR) is 211 cm³/mol. The number of benzene rings is 2. The van der Waals surface area contributed by atoms with E-state index in [0.717, 1.165) is 139 Å². The first-order valence-electron chi connectivity index (χ1n) is 18.2. The van der Waals surface area contributed by atoms with Gasteiger partial charge in [-0.3, -0.25) is 19.8 Å². The molecule has 2 N–H and O–H groups in total. The fourth-order valence-corrected chi connectivity index (χ4v) is 9.00. The molecule has 4 aromatic rings. The van der Waals surface area contributed by atoms with Crippen LogP contribution in [0, 0.1) is 6.92 Å². The molecule has 10 nitrogen and oxygen atoms in total. The maximum absolute atomic E-state index is 7.27. The second kappa shape index (κ2) is 13.2. The van der Waals surface area contributed by atoms with E-state index in [1.807, 2.05) is 57.6 Å². The van der Waals surface area contributed by atoms with E-state index >= 15 is 0 Å². The standard InChI is InChI=1S/C41H49ClN10/c1-26-14-16-40(47-26)22-51(23-40)20-35-38(49(4)5)45-33(18-43-35)30-11-8-10-29(28(30)3)31-12-9-13-32(37(31)42)34-19-44-36(39(46-34)50(6)7)21-52-24-41(25-52)17-15-27(2)48-41/h8-13,18-19,47-48H,1-2,14-17,20-25H2,3-7H3. The zero-order valence-corrected chi connectivity index (χ0v) is 31.8. The molecular weight excluding hydrogens is 668 g/mol. The number of hydrogen-bond donors (Lipinski definition) is 2. The minimum Gasteiger partial charge on any atom is -0.381 e. The van der Waals surface area contributed by atoms with Gasteiger partial charge in [-0.1, -0.05) is 61.2 Å².